The summed E-state index contributed by atoms with van der Waals surface area (Å²) in [5.41, 5.74) is 6.58. The van der Waals surface area contributed by atoms with Gasteiger partial charge in [-0.15, -0.1) is 12.4 Å². The number of halogens is 1. The molecule has 5 nitrogen and oxygen atoms in total. The molecule has 1 rings (SSSR count). The topological polar surface area (TPSA) is 78.4 Å². The summed E-state index contributed by atoms with van der Waals surface area (Å²) < 4.78 is 5.62. The Balaban J connectivity index is 0.00000576. The second-order valence-electron chi connectivity index (χ2n) is 6.30. The molecule has 0 heterocycles. The van der Waals surface area contributed by atoms with Gasteiger partial charge in [0.2, 0.25) is 0 Å². The molecule has 1 aromatic rings. The van der Waals surface area contributed by atoms with Gasteiger partial charge in [0.25, 0.3) is 5.69 Å². The molecule has 0 radical (unpaired) electrons. The number of unbranched alkanes of at least 4 members (excludes halogenated alkanes) is 9. The molecule has 144 valence electrons. The lowest BCUT2D eigenvalue weighted by Gasteiger charge is -2.05. The smallest absolute Gasteiger partial charge is 0.269 e. The van der Waals surface area contributed by atoms with Gasteiger partial charge in [-0.2, -0.15) is 0 Å². The zero-order valence-corrected chi connectivity index (χ0v) is 16.0. The first-order chi connectivity index (χ1) is 11.7. The van der Waals surface area contributed by atoms with Crippen LogP contribution in [-0.2, 0) is 11.3 Å². The van der Waals surface area contributed by atoms with Gasteiger partial charge in [-0.3, -0.25) is 10.1 Å². The van der Waals surface area contributed by atoms with Gasteiger partial charge in [-0.25, -0.2) is 0 Å². The van der Waals surface area contributed by atoms with Gasteiger partial charge in [-0.05, 0) is 37.1 Å². The summed E-state index contributed by atoms with van der Waals surface area (Å²) >= 11 is 0. The zero-order valence-electron chi connectivity index (χ0n) is 15.2. The highest BCUT2D eigenvalue weighted by molar-refractivity contribution is 5.85. The molecule has 0 aromatic heterocycles. The van der Waals surface area contributed by atoms with Gasteiger partial charge < -0.3 is 10.5 Å². The van der Waals surface area contributed by atoms with Crippen molar-refractivity contribution in [1.29, 1.82) is 0 Å². The van der Waals surface area contributed by atoms with Gasteiger partial charge in [-0.1, -0.05) is 51.4 Å². The van der Waals surface area contributed by atoms with E-state index in [1.165, 1.54) is 69.9 Å². The number of nitrogens with two attached hydrogens (primary N) is 1. The van der Waals surface area contributed by atoms with Crippen LogP contribution in [0, 0.1) is 10.1 Å². The van der Waals surface area contributed by atoms with Crippen LogP contribution in [0.5, 0.6) is 0 Å². The number of hydrogen-bond acceptors (Lipinski definition) is 4. The first-order valence-corrected chi connectivity index (χ1v) is 9.25. The van der Waals surface area contributed by atoms with Crippen LogP contribution in [0.2, 0.25) is 0 Å². The molecule has 2 N–H and O–H groups in total. The highest BCUT2D eigenvalue weighted by Crippen LogP contribution is 2.13. The molecule has 25 heavy (non-hydrogen) atoms. The number of nitro benzene ring substituents is 1. The second-order valence-corrected chi connectivity index (χ2v) is 6.30. The monoisotopic (exact) mass is 372 g/mol. The van der Waals surface area contributed by atoms with Gasteiger partial charge >= 0.3 is 0 Å². The third-order valence-corrected chi connectivity index (χ3v) is 4.16. The van der Waals surface area contributed by atoms with Crippen LogP contribution in [0.15, 0.2) is 24.3 Å². The number of nitro groups is 1. The van der Waals surface area contributed by atoms with E-state index in [0.717, 1.165) is 25.1 Å². The van der Waals surface area contributed by atoms with Crippen LogP contribution in [0.3, 0.4) is 0 Å². The Kier molecular flexibility index (Phi) is 15.5. The first-order valence-electron chi connectivity index (χ1n) is 9.25. The minimum absolute atomic E-state index is 0. The summed E-state index contributed by atoms with van der Waals surface area (Å²) in [5.74, 6) is 0. The molecule has 0 atom stereocenters. The average Bonchev–Trinajstić information content (AvgIpc) is 2.59. The number of nitrogens with zero attached hydrogens (tertiary/aromatic N) is 1. The Morgan fingerprint density at radius 2 is 1.32 bits per heavy atom. The third kappa shape index (κ3) is 12.8. The summed E-state index contributed by atoms with van der Waals surface area (Å²) in [4.78, 5) is 10.2. The largest absolute Gasteiger partial charge is 0.377 e. The van der Waals surface area contributed by atoms with Crippen molar-refractivity contribution in [1.82, 2.24) is 0 Å². The molecule has 0 unspecified atom stereocenters. The fourth-order valence-corrected chi connectivity index (χ4v) is 2.67. The highest BCUT2D eigenvalue weighted by atomic mass is 35.5. The molecule has 6 heteroatoms. The Morgan fingerprint density at radius 1 is 0.840 bits per heavy atom. The van der Waals surface area contributed by atoms with Crippen LogP contribution in [-0.4, -0.2) is 18.1 Å². The lowest BCUT2D eigenvalue weighted by atomic mass is 10.1. The fourth-order valence-electron chi connectivity index (χ4n) is 2.67. The molecule has 0 aliphatic heterocycles. The Labute approximate surface area is 157 Å². The van der Waals surface area contributed by atoms with E-state index in [-0.39, 0.29) is 23.0 Å². The molecule has 0 bridgehead atoms. The molecule has 0 spiro atoms. The van der Waals surface area contributed by atoms with E-state index in [1.807, 2.05) is 0 Å². The maximum Gasteiger partial charge on any atom is 0.269 e. The minimum Gasteiger partial charge on any atom is -0.377 e. The van der Waals surface area contributed by atoms with E-state index in [1.54, 1.807) is 12.1 Å². The molecule has 0 aliphatic carbocycles. The predicted molar refractivity (Wildman–Crippen MR) is 105 cm³/mol. The van der Waals surface area contributed by atoms with Crippen LogP contribution in [0.1, 0.15) is 69.8 Å². The molecule has 0 fully saturated rings. The number of ether oxygens (including phenoxy) is 1. The number of rotatable bonds is 15. The van der Waals surface area contributed by atoms with E-state index in [4.69, 9.17) is 10.5 Å². The lowest BCUT2D eigenvalue weighted by molar-refractivity contribution is -0.384. The number of benzene rings is 1. The van der Waals surface area contributed by atoms with E-state index in [9.17, 15) is 10.1 Å². The Hall–Kier alpha value is -1.17. The molecular formula is C19H33ClN2O3. The van der Waals surface area contributed by atoms with Gasteiger partial charge in [0.1, 0.15) is 0 Å². The van der Waals surface area contributed by atoms with E-state index in [2.05, 4.69) is 0 Å². The van der Waals surface area contributed by atoms with Crippen LogP contribution >= 0.6 is 12.4 Å². The zero-order chi connectivity index (χ0) is 17.5. The van der Waals surface area contributed by atoms with Crippen molar-refractivity contribution in [3.63, 3.8) is 0 Å². The maximum atomic E-state index is 10.6. The molecular weight excluding hydrogens is 340 g/mol. The van der Waals surface area contributed by atoms with Crippen molar-refractivity contribution >= 4 is 18.1 Å². The van der Waals surface area contributed by atoms with E-state index >= 15 is 0 Å². The minimum atomic E-state index is -0.384. The van der Waals surface area contributed by atoms with Gasteiger partial charge in [0.05, 0.1) is 11.5 Å². The van der Waals surface area contributed by atoms with Crippen LogP contribution < -0.4 is 5.73 Å². The number of non-ortho nitro benzene ring substituents is 1. The maximum absolute atomic E-state index is 10.6. The Bertz CT molecular complexity index is 441. The molecule has 1 aromatic carbocycles. The lowest BCUT2D eigenvalue weighted by Crippen LogP contribution is -1.97. The standard InChI is InChI=1S/C19H32N2O3.ClH/c20-15-9-7-5-3-1-2-4-6-8-10-16-24-17-18-11-13-19(14-12-18)21(22)23;/h11-14H,1-10,15-17,20H2;1H. The highest BCUT2D eigenvalue weighted by Gasteiger charge is 2.03. The summed E-state index contributed by atoms with van der Waals surface area (Å²) in [6.07, 6.45) is 12.7. The SMILES string of the molecule is Cl.NCCCCCCCCCCCCOCc1ccc([N+](=O)[O-])cc1. The van der Waals surface area contributed by atoms with Gasteiger partial charge in [0.15, 0.2) is 0 Å². The van der Waals surface area contributed by atoms with Crippen molar-refractivity contribution in [2.45, 2.75) is 70.8 Å². The Morgan fingerprint density at radius 3 is 1.80 bits per heavy atom. The number of hydrogen-bond donors (Lipinski definition) is 1. The van der Waals surface area contributed by atoms with Crippen LogP contribution in [0.4, 0.5) is 5.69 Å². The van der Waals surface area contributed by atoms with Crippen molar-refractivity contribution < 1.29 is 9.66 Å². The van der Waals surface area contributed by atoms with Crippen molar-refractivity contribution in [2.75, 3.05) is 13.2 Å². The van der Waals surface area contributed by atoms with Gasteiger partial charge in [0, 0.05) is 18.7 Å². The molecule has 0 aliphatic rings. The van der Waals surface area contributed by atoms with Crippen molar-refractivity contribution in [3.8, 4) is 0 Å². The molecule has 0 saturated heterocycles. The molecule has 0 amide bonds. The normalized spacial score (nSPS) is 10.4. The fraction of sp³-hybridized carbons (Fsp3) is 0.684. The predicted octanol–water partition coefficient (Wildman–Crippen LogP) is 5.39. The second kappa shape index (κ2) is 16.3. The van der Waals surface area contributed by atoms with Crippen molar-refractivity contribution in [2.24, 2.45) is 5.73 Å². The summed E-state index contributed by atoms with van der Waals surface area (Å²) in [6, 6.07) is 6.56. The summed E-state index contributed by atoms with van der Waals surface area (Å²) in [6.45, 7) is 2.11. The quantitative estimate of drug-likeness (QED) is 0.254. The van der Waals surface area contributed by atoms with Crippen molar-refractivity contribution in [3.05, 3.63) is 39.9 Å². The summed E-state index contributed by atoms with van der Waals surface area (Å²) in [7, 11) is 0. The summed E-state index contributed by atoms with van der Waals surface area (Å²) in [5, 5.41) is 10.6. The first kappa shape index (κ1) is 23.8. The molecule has 0 saturated carbocycles. The van der Waals surface area contributed by atoms with E-state index in [0.29, 0.717) is 6.61 Å². The third-order valence-electron chi connectivity index (χ3n) is 4.16. The average molecular weight is 373 g/mol. The van der Waals surface area contributed by atoms with Crippen LogP contribution in [0.25, 0.3) is 0 Å². The van der Waals surface area contributed by atoms with E-state index < -0.39 is 0 Å².